The number of aryl methyl sites for hydroxylation is 2. The fourth-order valence-electron chi connectivity index (χ4n) is 1.33. The number of nitrogens with zero attached hydrogens (tertiary/aromatic N) is 2. The zero-order valence-corrected chi connectivity index (χ0v) is 11.0. The molecule has 0 amide bonds. The van der Waals surface area contributed by atoms with Gasteiger partial charge in [0, 0.05) is 5.69 Å². The molecule has 0 aliphatic heterocycles. The molecule has 0 unspecified atom stereocenters. The molecule has 0 aliphatic rings. The Hall–Kier alpha value is -0.740. The van der Waals surface area contributed by atoms with E-state index in [-0.39, 0.29) is 0 Å². The first-order chi connectivity index (χ1) is 7.20. The van der Waals surface area contributed by atoms with Crippen molar-refractivity contribution in [2.24, 2.45) is 0 Å². The van der Waals surface area contributed by atoms with Crippen molar-refractivity contribution in [3.05, 3.63) is 32.7 Å². The lowest BCUT2D eigenvalue weighted by atomic mass is 10.2. The van der Waals surface area contributed by atoms with Gasteiger partial charge in [-0.05, 0) is 41.4 Å². The summed E-state index contributed by atoms with van der Waals surface area (Å²) < 4.78 is 1.07. The van der Waals surface area contributed by atoms with Crippen LogP contribution in [0.3, 0.4) is 0 Å². The highest BCUT2D eigenvalue weighted by Gasteiger charge is 2.10. The maximum absolute atomic E-state index is 4.55. The minimum Gasteiger partial charge on any atom is -0.251 e. The van der Waals surface area contributed by atoms with E-state index in [0.717, 1.165) is 32.3 Å². The maximum atomic E-state index is 4.55. The Labute approximate surface area is 102 Å². The fourth-order valence-corrected chi connectivity index (χ4v) is 2.91. The van der Waals surface area contributed by atoms with Gasteiger partial charge in [0.05, 0.1) is 14.5 Å². The van der Waals surface area contributed by atoms with Gasteiger partial charge in [0.25, 0.3) is 0 Å². The standard InChI is InChI=1S/C11H11BrN2S/c1-3-9-14-10(11(12)15-9)8-6-4-5-7(2)13-8/h4-6H,3H2,1-2H3. The predicted octanol–water partition coefficient (Wildman–Crippen LogP) is 3.84. The molecule has 0 radical (unpaired) electrons. The number of hydrogen-bond acceptors (Lipinski definition) is 3. The number of hydrogen-bond donors (Lipinski definition) is 0. The molecule has 0 aliphatic carbocycles. The van der Waals surface area contributed by atoms with Crippen molar-refractivity contribution in [3.63, 3.8) is 0 Å². The van der Waals surface area contributed by atoms with Gasteiger partial charge < -0.3 is 0 Å². The van der Waals surface area contributed by atoms with E-state index in [2.05, 4.69) is 32.8 Å². The summed E-state index contributed by atoms with van der Waals surface area (Å²) in [5.74, 6) is 0. The van der Waals surface area contributed by atoms with Gasteiger partial charge in [0.15, 0.2) is 0 Å². The first-order valence-corrected chi connectivity index (χ1v) is 6.41. The normalized spacial score (nSPS) is 10.6. The summed E-state index contributed by atoms with van der Waals surface area (Å²) in [5, 5.41) is 1.14. The van der Waals surface area contributed by atoms with Gasteiger partial charge in [-0.25, -0.2) is 4.98 Å². The Balaban J connectivity index is 2.48. The molecule has 2 heterocycles. The van der Waals surface area contributed by atoms with Crippen LogP contribution in [0.2, 0.25) is 0 Å². The first kappa shape index (κ1) is 10.8. The van der Waals surface area contributed by atoms with E-state index >= 15 is 0 Å². The third-order valence-corrected chi connectivity index (χ3v) is 3.91. The van der Waals surface area contributed by atoms with Gasteiger partial charge in [-0.15, -0.1) is 11.3 Å². The minimum atomic E-state index is 0.942. The van der Waals surface area contributed by atoms with Crippen molar-refractivity contribution in [1.29, 1.82) is 0 Å². The SMILES string of the molecule is CCc1nc(-c2cccc(C)n2)c(Br)s1. The molecule has 4 heteroatoms. The van der Waals surface area contributed by atoms with Gasteiger partial charge >= 0.3 is 0 Å². The van der Waals surface area contributed by atoms with Crippen LogP contribution in [0.4, 0.5) is 0 Å². The predicted molar refractivity (Wildman–Crippen MR) is 67.2 cm³/mol. The van der Waals surface area contributed by atoms with Crippen molar-refractivity contribution < 1.29 is 0 Å². The highest BCUT2D eigenvalue weighted by molar-refractivity contribution is 9.11. The molecule has 0 atom stereocenters. The Morgan fingerprint density at radius 3 is 2.73 bits per heavy atom. The van der Waals surface area contributed by atoms with E-state index in [1.54, 1.807) is 11.3 Å². The summed E-state index contributed by atoms with van der Waals surface area (Å²) in [5.41, 5.74) is 2.92. The van der Waals surface area contributed by atoms with Gasteiger partial charge in [-0.3, -0.25) is 4.98 Å². The van der Waals surface area contributed by atoms with Gasteiger partial charge in [0.2, 0.25) is 0 Å². The Kier molecular flexibility index (Phi) is 3.17. The van der Waals surface area contributed by atoms with E-state index in [4.69, 9.17) is 0 Å². The molecular formula is C11H11BrN2S. The summed E-state index contributed by atoms with van der Waals surface area (Å²) >= 11 is 5.22. The molecule has 0 N–H and O–H groups in total. The minimum absolute atomic E-state index is 0.942. The topological polar surface area (TPSA) is 25.8 Å². The maximum Gasteiger partial charge on any atom is 0.114 e. The monoisotopic (exact) mass is 282 g/mol. The summed E-state index contributed by atoms with van der Waals surface area (Å²) in [6.45, 7) is 4.10. The molecule has 2 rings (SSSR count). The van der Waals surface area contributed by atoms with Crippen molar-refractivity contribution in [3.8, 4) is 11.4 Å². The van der Waals surface area contributed by atoms with E-state index < -0.39 is 0 Å². The average molecular weight is 283 g/mol. The third-order valence-electron chi connectivity index (χ3n) is 2.06. The van der Waals surface area contributed by atoms with Gasteiger partial charge in [0.1, 0.15) is 5.69 Å². The molecule has 2 aromatic rings. The van der Waals surface area contributed by atoms with Crippen molar-refractivity contribution >= 4 is 27.3 Å². The molecule has 2 aromatic heterocycles. The number of aromatic nitrogens is 2. The number of pyridine rings is 1. The molecule has 0 bridgehead atoms. The lowest BCUT2D eigenvalue weighted by molar-refractivity contribution is 1.09. The summed E-state index contributed by atoms with van der Waals surface area (Å²) in [6.07, 6.45) is 0.967. The van der Waals surface area contributed by atoms with Crippen LogP contribution in [-0.2, 0) is 6.42 Å². The van der Waals surface area contributed by atoms with Crippen LogP contribution in [0.25, 0.3) is 11.4 Å². The van der Waals surface area contributed by atoms with Gasteiger partial charge in [-0.1, -0.05) is 13.0 Å². The van der Waals surface area contributed by atoms with Crippen molar-refractivity contribution in [1.82, 2.24) is 9.97 Å². The zero-order valence-electron chi connectivity index (χ0n) is 8.62. The molecular weight excluding hydrogens is 272 g/mol. The average Bonchev–Trinajstić information content (AvgIpc) is 2.60. The molecule has 2 nitrogen and oxygen atoms in total. The number of thiazole rings is 1. The van der Waals surface area contributed by atoms with E-state index in [1.807, 2.05) is 25.1 Å². The van der Waals surface area contributed by atoms with Crippen LogP contribution in [0.15, 0.2) is 22.0 Å². The fraction of sp³-hybridized carbons (Fsp3) is 0.273. The van der Waals surface area contributed by atoms with E-state index in [1.165, 1.54) is 0 Å². The van der Waals surface area contributed by atoms with Crippen LogP contribution < -0.4 is 0 Å². The van der Waals surface area contributed by atoms with Crippen LogP contribution in [0, 0.1) is 6.92 Å². The number of halogens is 1. The van der Waals surface area contributed by atoms with Crippen LogP contribution in [0.5, 0.6) is 0 Å². The quantitative estimate of drug-likeness (QED) is 0.837. The van der Waals surface area contributed by atoms with Crippen LogP contribution in [0.1, 0.15) is 17.6 Å². The smallest absolute Gasteiger partial charge is 0.114 e. The summed E-state index contributed by atoms with van der Waals surface area (Å²) in [7, 11) is 0. The highest BCUT2D eigenvalue weighted by atomic mass is 79.9. The van der Waals surface area contributed by atoms with Crippen LogP contribution in [-0.4, -0.2) is 9.97 Å². The highest BCUT2D eigenvalue weighted by Crippen LogP contribution is 2.32. The second-order valence-electron chi connectivity index (χ2n) is 3.25. The Bertz CT molecular complexity index is 479. The second kappa shape index (κ2) is 4.41. The van der Waals surface area contributed by atoms with Crippen molar-refractivity contribution in [2.45, 2.75) is 20.3 Å². The molecule has 0 saturated heterocycles. The Morgan fingerprint density at radius 2 is 2.13 bits per heavy atom. The van der Waals surface area contributed by atoms with Crippen molar-refractivity contribution in [2.75, 3.05) is 0 Å². The first-order valence-electron chi connectivity index (χ1n) is 4.80. The largest absolute Gasteiger partial charge is 0.251 e. The lowest BCUT2D eigenvalue weighted by Crippen LogP contribution is -1.87. The zero-order chi connectivity index (χ0) is 10.8. The molecule has 0 aromatic carbocycles. The summed E-state index contributed by atoms with van der Waals surface area (Å²) in [6, 6.07) is 5.99. The lowest BCUT2D eigenvalue weighted by Gasteiger charge is -1.97. The molecule has 78 valence electrons. The van der Waals surface area contributed by atoms with E-state index in [9.17, 15) is 0 Å². The van der Waals surface area contributed by atoms with Gasteiger partial charge in [-0.2, -0.15) is 0 Å². The molecule has 15 heavy (non-hydrogen) atoms. The van der Waals surface area contributed by atoms with Crippen LogP contribution >= 0.6 is 27.3 Å². The molecule has 0 fully saturated rings. The number of rotatable bonds is 2. The Morgan fingerprint density at radius 1 is 1.33 bits per heavy atom. The molecule has 0 saturated carbocycles. The summed E-state index contributed by atoms with van der Waals surface area (Å²) in [4.78, 5) is 9.01. The molecule has 0 spiro atoms. The third kappa shape index (κ3) is 2.26. The second-order valence-corrected chi connectivity index (χ2v) is 5.65. The van der Waals surface area contributed by atoms with E-state index in [0.29, 0.717) is 0 Å².